The molecule has 0 bridgehead atoms. The molecule has 27 heavy (non-hydrogen) atoms. The fourth-order valence-corrected chi connectivity index (χ4v) is 4.11. The highest BCUT2D eigenvalue weighted by Gasteiger charge is 2.29. The van der Waals surface area contributed by atoms with E-state index < -0.39 is 0 Å². The third kappa shape index (κ3) is 5.68. The Kier molecular flexibility index (Phi) is 7.07. The summed E-state index contributed by atoms with van der Waals surface area (Å²) in [6, 6.07) is 4.37. The summed E-state index contributed by atoms with van der Waals surface area (Å²) in [5, 5.41) is 3.18. The van der Waals surface area contributed by atoms with E-state index in [4.69, 9.17) is 0 Å². The van der Waals surface area contributed by atoms with Crippen molar-refractivity contribution < 1.29 is 9.59 Å². The number of hydrogen-bond acceptors (Lipinski definition) is 3. The van der Waals surface area contributed by atoms with Crippen molar-refractivity contribution in [2.75, 3.05) is 26.7 Å². The van der Waals surface area contributed by atoms with Gasteiger partial charge in [0.15, 0.2) is 0 Å². The number of amides is 3. The minimum Gasteiger partial charge on any atom is -0.345 e. The van der Waals surface area contributed by atoms with Crippen molar-refractivity contribution in [3.63, 3.8) is 0 Å². The van der Waals surface area contributed by atoms with Gasteiger partial charge in [-0.25, -0.2) is 4.79 Å². The minimum absolute atomic E-state index is 0.0335. The van der Waals surface area contributed by atoms with Crippen LogP contribution in [0.25, 0.3) is 0 Å². The number of likely N-dealkylation sites (tertiary alicyclic amines) is 1. The number of carbonyl (C=O) groups excluding carboxylic acids is 2. The summed E-state index contributed by atoms with van der Waals surface area (Å²) in [4.78, 5) is 32.9. The maximum atomic E-state index is 12.7. The molecule has 1 saturated carbocycles. The summed E-state index contributed by atoms with van der Waals surface area (Å²) >= 11 is 0. The smallest absolute Gasteiger partial charge is 0.317 e. The standard InChI is InChI=1S/C21H32N4O2/c1-24(14-9-17-7-12-22-13-8-17)20(26)18-10-15-25(16-11-18)21(27)23-19-5-3-2-4-6-19/h7-8,12-13,18-19H,2-6,9-11,14-16H2,1H3,(H,23,27). The van der Waals surface area contributed by atoms with Crippen molar-refractivity contribution >= 4 is 11.9 Å². The molecule has 6 heteroatoms. The SMILES string of the molecule is CN(CCc1ccncc1)C(=O)C1CCN(C(=O)NC2CCCCC2)CC1. The molecule has 6 nitrogen and oxygen atoms in total. The molecule has 3 amide bonds. The number of aromatic nitrogens is 1. The predicted molar refractivity (Wildman–Crippen MR) is 105 cm³/mol. The molecule has 2 fully saturated rings. The quantitative estimate of drug-likeness (QED) is 0.864. The molecule has 0 unspecified atom stereocenters. The summed E-state index contributed by atoms with van der Waals surface area (Å²) in [7, 11) is 1.88. The van der Waals surface area contributed by atoms with Gasteiger partial charge in [-0.05, 0) is 49.8 Å². The molecule has 0 aromatic carbocycles. The van der Waals surface area contributed by atoms with Gasteiger partial charge in [0.25, 0.3) is 0 Å². The van der Waals surface area contributed by atoms with E-state index in [9.17, 15) is 9.59 Å². The van der Waals surface area contributed by atoms with Crippen LogP contribution in [0.5, 0.6) is 0 Å². The fourth-order valence-electron chi connectivity index (χ4n) is 4.11. The normalized spacial score (nSPS) is 18.9. The first-order valence-corrected chi connectivity index (χ1v) is 10.3. The summed E-state index contributed by atoms with van der Waals surface area (Å²) in [6.07, 6.45) is 11.8. The Morgan fingerprint density at radius 2 is 1.78 bits per heavy atom. The van der Waals surface area contributed by atoms with E-state index >= 15 is 0 Å². The molecule has 2 heterocycles. The average molecular weight is 373 g/mol. The van der Waals surface area contributed by atoms with E-state index in [2.05, 4.69) is 10.3 Å². The molecule has 1 aliphatic carbocycles. The average Bonchev–Trinajstić information content (AvgIpc) is 2.73. The van der Waals surface area contributed by atoms with Crippen LogP contribution in [-0.2, 0) is 11.2 Å². The number of hydrogen-bond donors (Lipinski definition) is 1. The molecule has 0 atom stereocenters. The van der Waals surface area contributed by atoms with Gasteiger partial charge in [-0.2, -0.15) is 0 Å². The summed E-state index contributed by atoms with van der Waals surface area (Å²) in [6.45, 7) is 2.06. The molecule has 2 aliphatic rings. The van der Waals surface area contributed by atoms with Crippen LogP contribution >= 0.6 is 0 Å². The molecule has 0 spiro atoms. The maximum Gasteiger partial charge on any atom is 0.317 e. The lowest BCUT2D eigenvalue weighted by Gasteiger charge is -2.34. The van der Waals surface area contributed by atoms with Gasteiger partial charge in [0.05, 0.1) is 0 Å². The van der Waals surface area contributed by atoms with Crippen LogP contribution in [0.3, 0.4) is 0 Å². The van der Waals surface area contributed by atoms with Crippen molar-refractivity contribution in [1.29, 1.82) is 0 Å². The molecule has 1 N–H and O–H groups in total. The van der Waals surface area contributed by atoms with Crippen molar-refractivity contribution in [2.45, 2.75) is 57.4 Å². The lowest BCUT2D eigenvalue weighted by Crippen LogP contribution is -2.50. The van der Waals surface area contributed by atoms with E-state index in [1.54, 1.807) is 12.4 Å². The van der Waals surface area contributed by atoms with E-state index in [-0.39, 0.29) is 17.9 Å². The van der Waals surface area contributed by atoms with Gasteiger partial charge in [-0.15, -0.1) is 0 Å². The van der Waals surface area contributed by atoms with E-state index in [1.807, 2.05) is 29.0 Å². The van der Waals surface area contributed by atoms with Crippen LogP contribution in [0.4, 0.5) is 4.79 Å². The predicted octanol–water partition coefficient (Wildman–Crippen LogP) is 2.84. The van der Waals surface area contributed by atoms with Gasteiger partial charge >= 0.3 is 6.03 Å². The van der Waals surface area contributed by atoms with Crippen LogP contribution in [0.15, 0.2) is 24.5 Å². The zero-order chi connectivity index (χ0) is 19.1. The van der Waals surface area contributed by atoms with Crippen LogP contribution in [-0.4, -0.2) is 59.4 Å². The van der Waals surface area contributed by atoms with Crippen molar-refractivity contribution in [3.05, 3.63) is 30.1 Å². The van der Waals surface area contributed by atoms with Gasteiger partial charge in [-0.3, -0.25) is 9.78 Å². The van der Waals surface area contributed by atoms with E-state index in [0.29, 0.717) is 25.7 Å². The van der Waals surface area contributed by atoms with Crippen LogP contribution < -0.4 is 5.32 Å². The third-order valence-electron chi connectivity index (χ3n) is 5.93. The van der Waals surface area contributed by atoms with Crippen molar-refractivity contribution in [3.8, 4) is 0 Å². The fraction of sp³-hybridized carbons (Fsp3) is 0.667. The number of urea groups is 1. The van der Waals surface area contributed by atoms with Crippen LogP contribution in [0.2, 0.25) is 0 Å². The van der Waals surface area contributed by atoms with Gasteiger partial charge in [0.1, 0.15) is 0 Å². The first-order valence-electron chi connectivity index (χ1n) is 10.3. The van der Waals surface area contributed by atoms with Crippen LogP contribution in [0.1, 0.15) is 50.5 Å². The Morgan fingerprint density at radius 1 is 1.11 bits per heavy atom. The van der Waals surface area contributed by atoms with Gasteiger partial charge in [0, 0.05) is 51.0 Å². The molecule has 0 radical (unpaired) electrons. The van der Waals surface area contributed by atoms with Crippen molar-refractivity contribution in [2.24, 2.45) is 5.92 Å². The van der Waals surface area contributed by atoms with Gasteiger partial charge in [0.2, 0.25) is 5.91 Å². The summed E-state index contributed by atoms with van der Waals surface area (Å²) in [5.74, 6) is 0.238. The van der Waals surface area contributed by atoms with E-state index in [0.717, 1.165) is 32.1 Å². The number of piperidine rings is 1. The first-order chi connectivity index (χ1) is 13.1. The first kappa shape index (κ1) is 19.6. The molecule has 148 valence electrons. The number of rotatable bonds is 5. The number of nitrogens with zero attached hydrogens (tertiary/aromatic N) is 3. The lowest BCUT2D eigenvalue weighted by atomic mass is 9.94. The molecule has 3 rings (SSSR count). The van der Waals surface area contributed by atoms with E-state index in [1.165, 1.54) is 24.8 Å². The molecular formula is C21H32N4O2. The highest BCUT2D eigenvalue weighted by Crippen LogP contribution is 2.21. The summed E-state index contributed by atoms with van der Waals surface area (Å²) in [5.41, 5.74) is 1.19. The second kappa shape index (κ2) is 9.72. The Labute approximate surface area is 162 Å². The molecule has 1 saturated heterocycles. The Balaban J connectivity index is 1.39. The minimum atomic E-state index is 0.0335. The Hall–Kier alpha value is -2.11. The highest BCUT2D eigenvalue weighted by atomic mass is 16.2. The highest BCUT2D eigenvalue weighted by molar-refractivity contribution is 5.79. The summed E-state index contributed by atoms with van der Waals surface area (Å²) < 4.78 is 0. The second-order valence-electron chi connectivity index (χ2n) is 7.91. The molecule has 1 aromatic heterocycles. The Morgan fingerprint density at radius 3 is 2.44 bits per heavy atom. The number of carbonyl (C=O) groups is 2. The zero-order valence-electron chi connectivity index (χ0n) is 16.4. The maximum absolute atomic E-state index is 12.7. The number of pyridine rings is 1. The molecule has 1 aromatic rings. The van der Waals surface area contributed by atoms with Crippen molar-refractivity contribution in [1.82, 2.24) is 20.1 Å². The third-order valence-corrected chi connectivity index (χ3v) is 5.93. The van der Waals surface area contributed by atoms with Gasteiger partial charge in [-0.1, -0.05) is 19.3 Å². The molecular weight excluding hydrogens is 340 g/mol. The largest absolute Gasteiger partial charge is 0.345 e. The van der Waals surface area contributed by atoms with Gasteiger partial charge < -0.3 is 15.1 Å². The topological polar surface area (TPSA) is 65.5 Å². The molecule has 1 aliphatic heterocycles. The number of likely N-dealkylation sites (N-methyl/N-ethyl adjacent to an activating group) is 1. The monoisotopic (exact) mass is 372 g/mol. The Bertz CT molecular complexity index is 608. The lowest BCUT2D eigenvalue weighted by molar-refractivity contribution is -0.135. The van der Waals surface area contributed by atoms with Crippen LogP contribution in [0, 0.1) is 5.92 Å². The number of nitrogens with one attached hydrogen (secondary N) is 1. The second-order valence-corrected chi connectivity index (χ2v) is 7.91. The zero-order valence-corrected chi connectivity index (χ0v) is 16.4.